The molecule has 0 spiro atoms. The molecule has 172 valence electrons. The van der Waals surface area contributed by atoms with Gasteiger partial charge in [-0.25, -0.2) is 9.59 Å². The average molecular weight is 458 g/mol. The SMILES string of the molecule is C#CCC(NC(=O)c1cnn(C)c1NC(=O)OCC1c2ccccc2-c2ccccc21)C(=O)O. The summed E-state index contributed by atoms with van der Waals surface area (Å²) in [6.45, 7) is 0.0997. The van der Waals surface area contributed by atoms with Crippen molar-refractivity contribution in [2.24, 2.45) is 7.05 Å². The minimum Gasteiger partial charge on any atom is -0.480 e. The topological polar surface area (TPSA) is 123 Å². The standard InChI is InChI=1S/C25H22N4O5/c1-3-8-21(24(31)32)27-23(30)19-13-26-29(2)22(19)28-25(33)34-14-20-17-11-6-4-9-15(17)16-10-5-7-12-18(16)20/h1,4-7,9-13,20-21H,8,14H2,2H3,(H,27,30)(H,28,33)(H,31,32). The maximum Gasteiger partial charge on any atom is 0.412 e. The number of carboxylic acid groups (broad SMARTS) is 1. The van der Waals surface area contributed by atoms with Crippen molar-refractivity contribution in [3.05, 3.63) is 71.4 Å². The van der Waals surface area contributed by atoms with E-state index in [2.05, 4.69) is 21.7 Å². The molecule has 0 bridgehead atoms. The van der Waals surface area contributed by atoms with Gasteiger partial charge in [-0.05, 0) is 22.3 Å². The predicted molar refractivity (Wildman–Crippen MR) is 124 cm³/mol. The number of amides is 2. The molecule has 0 radical (unpaired) electrons. The molecule has 0 aliphatic heterocycles. The Labute approximate surface area is 195 Å². The summed E-state index contributed by atoms with van der Waals surface area (Å²) < 4.78 is 6.80. The van der Waals surface area contributed by atoms with E-state index in [9.17, 15) is 19.5 Å². The quantitative estimate of drug-likeness (QED) is 0.468. The number of carboxylic acids is 1. The first-order chi connectivity index (χ1) is 16.4. The minimum absolute atomic E-state index is 0.0146. The van der Waals surface area contributed by atoms with Gasteiger partial charge in [-0.1, -0.05) is 48.5 Å². The number of ether oxygens (including phenoxy) is 1. The van der Waals surface area contributed by atoms with E-state index in [4.69, 9.17) is 11.2 Å². The van der Waals surface area contributed by atoms with E-state index in [-0.39, 0.29) is 30.3 Å². The van der Waals surface area contributed by atoms with E-state index in [1.165, 1.54) is 17.9 Å². The number of aromatic nitrogens is 2. The zero-order chi connectivity index (χ0) is 24.2. The second kappa shape index (κ2) is 9.50. The zero-order valence-electron chi connectivity index (χ0n) is 18.3. The Kier molecular flexibility index (Phi) is 6.32. The van der Waals surface area contributed by atoms with Crippen molar-refractivity contribution >= 4 is 23.8 Å². The number of carbonyl (C=O) groups is 3. The Balaban J connectivity index is 1.46. The Morgan fingerprint density at radius 3 is 2.35 bits per heavy atom. The van der Waals surface area contributed by atoms with Crippen molar-refractivity contribution in [1.82, 2.24) is 15.1 Å². The molecule has 3 N–H and O–H groups in total. The minimum atomic E-state index is -1.26. The fourth-order valence-corrected chi connectivity index (χ4v) is 4.04. The van der Waals surface area contributed by atoms with Gasteiger partial charge in [-0.2, -0.15) is 5.10 Å². The molecule has 1 aliphatic rings. The molecule has 4 rings (SSSR count). The number of nitrogens with one attached hydrogen (secondary N) is 2. The lowest BCUT2D eigenvalue weighted by Crippen LogP contribution is -2.40. The first kappa shape index (κ1) is 22.6. The van der Waals surface area contributed by atoms with E-state index < -0.39 is 24.0 Å². The van der Waals surface area contributed by atoms with E-state index >= 15 is 0 Å². The maximum absolute atomic E-state index is 12.6. The van der Waals surface area contributed by atoms with E-state index in [1.807, 2.05) is 48.5 Å². The van der Waals surface area contributed by atoms with Gasteiger partial charge in [0.25, 0.3) is 5.91 Å². The summed E-state index contributed by atoms with van der Waals surface area (Å²) in [5.74, 6) is 0.166. The number of hydrogen-bond donors (Lipinski definition) is 3. The van der Waals surface area contributed by atoms with Crippen LogP contribution in [0.1, 0.15) is 33.8 Å². The molecule has 34 heavy (non-hydrogen) atoms. The molecule has 2 amide bonds. The van der Waals surface area contributed by atoms with Crippen molar-refractivity contribution < 1.29 is 24.2 Å². The van der Waals surface area contributed by atoms with Crippen LogP contribution in [0.4, 0.5) is 10.6 Å². The summed E-state index contributed by atoms with van der Waals surface area (Å²) in [7, 11) is 1.53. The van der Waals surface area contributed by atoms with Crippen LogP contribution >= 0.6 is 0 Å². The van der Waals surface area contributed by atoms with Gasteiger partial charge in [0.2, 0.25) is 0 Å². The third-order valence-electron chi connectivity index (χ3n) is 5.67. The molecule has 9 nitrogen and oxygen atoms in total. The van der Waals surface area contributed by atoms with E-state index in [1.54, 1.807) is 0 Å². The van der Waals surface area contributed by atoms with Crippen LogP contribution in [0.2, 0.25) is 0 Å². The molecule has 0 saturated heterocycles. The first-order valence-electron chi connectivity index (χ1n) is 10.5. The van der Waals surface area contributed by atoms with Crippen LogP contribution in [0.25, 0.3) is 11.1 Å². The van der Waals surface area contributed by atoms with Crippen molar-refractivity contribution in [1.29, 1.82) is 0 Å². The average Bonchev–Trinajstić information content (AvgIpc) is 3.35. The summed E-state index contributed by atoms with van der Waals surface area (Å²) in [5, 5.41) is 18.1. The molecule has 2 aromatic carbocycles. The summed E-state index contributed by atoms with van der Waals surface area (Å²) >= 11 is 0. The van der Waals surface area contributed by atoms with Crippen LogP contribution in [0.15, 0.2) is 54.7 Å². The van der Waals surface area contributed by atoms with Crippen LogP contribution in [0, 0.1) is 12.3 Å². The molecule has 3 aromatic rings. The first-order valence-corrected chi connectivity index (χ1v) is 10.5. The summed E-state index contributed by atoms with van der Waals surface area (Å²) in [6.07, 6.45) is 5.45. The highest BCUT2D eigenvalue weighted by Crippen LogP contribution is 2.44. The van der Waals surface area contributed by atoms with Crippen LogP contribution < -0.4 is 10.6 Å². The molecular weight excluding hydrogens is 436 g/mol. The van der Waals surface area contributed by atoms with Crippen LogP contribution in [0.3, 0.4) is 0 Å². The van der Waals surface area contributed by atoms with Crippen molar-refractivity contribution in [3.8, 4) is 23.5 Å². The number of nitrogens with zero attached hydrogens (tertiary/aromatic N) is 2. The van der Waals surface area contributed by atoms with Crippen LogP contribution in [0.5, 0.6) is 0 Å². The number of aliphatic carboxylic acids is 1. The maximum atomic E-state index is 12.6. The molecule has 1 atom stereocenters. The number of rotatable bonds is 7. The molecule has 0 saturated carbocycles. The number of fused-ring (bicyclic) bond motifs is 3. The van der Waals surface area contributed by atoms with Gasteiger partial charge in [-0.3, -0.25) is 14.8 Å². The number of benzene rings is 2. The van der Waals surface area contributed by atoms with Gasteiger partial charge >= 0.3 is 12.1 Å². The highest BCUT2D eigenvalue weighted by Gasteiger charge is 2.29. The van der Waals surface area contributed by atoms with Gasteiger partial charge in [0, 0.05) is 19.4 Å². The second-order valence-electron chi connectivity index (χ2n) is 7.75. The van der Waals surface area contributed by atoms with Crippen molar-refractivity contribution in [2.75, 3.05) is 11.9 Å². The fourth-order valence-electron chi connectivity index (χ4n) is 4.04. The monoisotopic (exact) mass is 458 g/mol. The third kappa shape index (κ3) is 4.34. The number of anilines is 1. The predicted octanol–water partition coefficient (Wildman–Crippen LogP) is 2.99. The van der Waals surface area contributed by atoms with Gasteiger partial charge in [0.15, 0.2) is 0 Å². The Bertz CT molecular complexity index is 1260. The fraction of sp³-hybridized carbons (Fsp3) is 0.200. The lowest BCUT2D eigenvalue weighted by atomic mass is 9.98. The lowest BCUT2D eigenvalue weighted by molar-refractivity contribution is -0.139. The normalized spacial score (nSPS) is 12.7. The molecule has 0 fully saturated rings. The van der Waals surface area contributed by atoms with Gasteiger partial charge in [-0.15, -0.1) is 12.3 Å². The Hall–Kier alpha value is -4.58. The zero-order valence-corrected chi connectivity index (χ0v) is 18.3. The smallest absolute Gasteiger partial charge is 0.412 e. The Morgan fingerprint density at radius 1 is 1.15 bits per heavy atom. The van der Waals surface area contributed by atoms with Gasteiger partial charge in [0.1, 0.15) is 24.0 Å². The van der Waals surface area contributed by atoms with Crippen molar-refractivity contribution in [3.63, 3.8) is 0 Å². The number of terminal acetylenes is 1. The van der Waals surface area contributed by atoms with Gasteiger partial charge in [0.05, 0.1) is 6.20 Å². The van der Waals surface area contributed by atoms with Crippen LogP contribution in [-0.4, -0.2) is 45.5 Å². The van der Waals surface area contributed by atoms with Crippen LogP contribution in [-0.2, 0) is 16.6 Å². The second-order valence-corrected chi connectivity index (χ2v) is 7.75. The third-order valence-corrected chi connectivity index (χ3v) is 5.67. The Morgan fingerprint density at radius 2 is 1.76 bits per heavy atom. The summed E-state index contributed by atoms with van der Waals surface area (Å²) in [6, 6.07) is 14.7. The lowest BCUT2D eigenvalue weighted by Gasteiger charge is -2.15. The molecule has 1 aliphatic carbocycles. The molecule has 1 heterocycles. The number of hydrogen-bond acceptors (Lipinski definition) is 5. The number of carbonyl (C=O) groups excluding carboxylic acids is 2. The van der Waals surface area contributed by atoms with Gasteiger partial charge < -0.3 is 15.2 Å². The molecular formula is C25H22N4O5. The summed E-state index contributed by atoms with van der Waals surface area (Å²) in [5.41, 5.74) is 4.35. The summed E-state index contributed by atoms with van der Waals surface area (Å²) in [4.78, 5) is 36.5. The highest BCUT2D eigenvalue weighted by atomic mass is 16.5. The molecule has 1 aromatic heterocycles. The largest absolute Gasteiger partial charge is 0.480 e. The number of aryl methyl sites for hydroxylation is 1. The highest BCUT2D eigenvalue weighted by molar-refractivity contribution is 6.03. The molecule has 9 heteroatoms. The van der Waals surface area contributed by atoms with Crippen molar-refractivity contribution in [2.45, 2.75) is 18.4 Å². The van der Waals surface area contributed by atoms with E-state index in [0.29, 0.717) is 0 Å². The van der Waals surface area contributed by atoms with E-state index in [0.717, 1.165) is 22.3 Å². The molecule has 1 unspecified atom stereocenters.